The first kappa shape index (κ1) is 21.7. The van der Waals surface area contributed by atoms with Gasteiger partial charge in [-0.3, -0.25) is 9.59 Å². The molecule has 1 aromatic carbocycles. The summed E-state index contributed by atoms with van der Waals surface area (Å²) in [4.78, 5) is 24.1. The van der Waals surface area contributed by atoms with Gasteiger partial charge in [0.15, 0.2) is 0 Å². The Labute approximate surface area is 169 Å². The van der Waals surface area contributed by atoms with Crippen molar-refractivity contribution in [2.75, 3.05) is 19.7 Å². The standard InChI is InChI=1S/C19H26FN3O5S/c1-13-11-14(20)7-8-16(13)29(26,27)23-9-4-10-28-17(23)12-21-18(24)19(25)22-15-5-2-3-6-15/h7-8,11,15,17H,2-6,9-10,12H2,1H3,(H,21,24)(H,22,25)/t17-/m0/s1. The maximum absolute atomic E-state index is 13.4. The largest absolute Gasteiger partial charge is 0.360 e. The van der Waals surface area contributed by atoms with Crippen LogP contribution in [0.2, 0.25) is 0 Å². The highest BCUT2D eigenvalue weighted by molar-refractivity contribution is 7.89. The van der Waals surface area contributed by atoms with Gasteiger partial charge in [0.2, 0.25) is 10.0 Å². The smallest absolute Gasteiger partial charge is 0.309 e. The number of sulfonamides is 1. The van der Waals surface area contributed by atoms with E-state index in [1.165, 1.54) is 13.0 Å². The van der Waals surface area contributed by atoms with Gasteiger partial charge in [0.05, 0.1) is 18.0 Å². The lowest BCUT2D eigenvalue weighted by molar-refractivity contribution is -0.140. The van der Waals surface area contributed by atoms with E-state index in [4.69, 9.17) is 4.74 Å². The lowest BCUT2D eigenvalue weighted by atomic mass is 10.2. The lowest BCUT2D eigenvalue weighted by Crippen LogP contribution is -2.53. The summed E-state index contributed by atoms with van der Waals surface area (Å²) in [5.41, 5.74) is 0.286. The third-order valence-electron chi connectivity index (χ3n) is 5.21. The molecular formula is C19H26FN3O5S. The summed E-state index contributed by atoms with van der Waals surface area (Å²) in [6.45, 7) is 1.90. The zero-order valence-corrected chi connectivity index (χ0v) is 17.1. The summed E-state index contributed by atoms with van der Waals surface area (Å²) in [5, 5.41) is 5.15. The van der Waals surface area contributed by atoms with Gasteiger partial charge in [0.1, 0.15) is 12.0 Å². The van der Waals surface area contributed by atoms with Crippen LogP contribution in [-0.4, -0.2) is 56.5 Å². The van der Waals surface area contributed by atoms with Gasteiger partial charge >= 0.3 is 11.8 Å². The van der Waals surface area contributed by atoms with E-state index in [0.717, 1.165) is 42.1 Å². The molecule has 2 amide bonds. The molecule has 10 heteroatoms. The van der Waals surface area contributed by atoms with Crippen LogP contribution < -0.4 is 10.6 Å². The van der Waals surface area contributed by atoms with E-state index in [1.54, 1.807) is 0 Å². The molecule has 2 fully saturated rings. The fraction of sp³-hybridized carbons (Fsp3) is 0.579. The maximum atomic E-state index is 13.4. The molecule has 1 saturated carbocycles. The molecule has 1 atom stereocenters. The molecular weight excluding hydrogens is 401 g/mol. The van der Waals surface area contributed by atoms with Crippen molar-refractivity contribution in [3.05, 3.63) is 29.6 Å². The number of hydrogen-bond donors (Lipinski definition) is 2. The second kappa shape index (κ2) is 9.19. The second-order valence-corrected chi connectivity index (χ2v) is 9.23. The minimum absolute atomic E-state index is 0.0116. The molecule has 1 heterocycles. The van der Waals surface area contributed by atoms with E-state index in [2.05, 4.69) is 10.6 Å². The van der Waals surface area contributed by atoms with E-state index in [9.17, 15) is 22.4 Å². The quantitative estimate of drug-likeness (QED) is 0.684. The first-order valence-electron chi connectivity index (χ1n) is 9.77. The lowest BCUT2D eigenvalue weighted by Gasteiger charge is -2.34. The first-order chi connectivity index (χ1) is 13.8. The zero-order valence-electron chi connectivity index (χ0n) is 16.3. The number of ether oxygens (including phenoxy) is 1. The Morgan fingerprint density at radius 2 is 1.93 bits per heavy atom. The minimum Gasteiger partial charge on any atom is -0.360 e. The summed E-state index contributed by atoms with van der Waals surface area (Å²) < 4.78 is 46.2. The van der Waals surface area contributed by atoms with Crippen LogP contribution in [0.25, 0.3) is 0 Å². The SMILES string of the molecule is Cc1cc(F)ccc1S(=O)(=O)N1CCCO[C@H]1CNC(=O)C(=O)NC1CCCC1. The van der Waals surface area contributed by atoms with Crippen LogP contribution in [0, 0.1) is 12.7 Å². The molecule has 0 spiro atoms. The van der Waals surface area contributed by atoms with Crippen molar-refractivity contribution in [2.24, 2.45) is 0 Å². The molecule has 0 radical (unpaired) electrons. The van der Waals surface area contributed by atoms with Crippen LogP contribution in [0.4, 0.5) is 4.39 Å². The Bertz CT molecular complexity index is 871. The second-order valence-electron chi connectivity index (χ2n) is 7.37. The van der Waals surface area contributed by atoms with Crippen molar-refractivity contribution in [1.82, 2.24) is 14.9 Å². The monoisotopic (exact) mass is 427 g/mol. The van der Waals surface area contributed by atoms with Crippen molar-refractivity contribution in [2.45, 2.75) is 56.2 Å². The van der Waals surface area contributed by atoms with Gasteiger partial charge in [0, 0.05) is 12.6 Å². The van der Waals surface area contributed by atoms with Gasteiger partial charge in [-0.05, 0) is 49.9 Å². The summed E-state index contributed by atoms with van der Waals surface area (Å²) >= 11 is 0. The number of benzene rings is 1. The number of nitrogens with zero attached hydrogens (tertiary/aromatic N) is 1. The number of carbonyl (C=O) groups is 2. The van der Waals surface area contributed by atoms with Crippen LogP contribution in [-0.2, 0) is 24.3 Å². The van der Waals surface area contributed by atoms with Crippen LogP contribution in [0.3, 0.4) is 0 Å². The van der Waals surface area contributed by atoms with E-state index in [1.807, 2.05) is 0 Å². The van der Waals surface area contributed by atoms with Gasteiger partial charge in [-0.25, -0.2) is 12.8 Å². The third-order valence-corrected chi connectivity index (χ3v) is 7.26. The van der Waals surface area contributed by atoms with E-state index >= 15 is 0 Å². The molecule has 1 aromatic rings. The fourth-order valence-corrected chi connectivity index (χ4v) is 5.49. The Hall–Kier alpha value is -2.04. The highest BCUT2D eigenvalue weighted by Crippen LogP contribution is 2.25. The normalized spacial score (nSPS) is 21.1. The highest BCUT2D eigenvalue weighted by Gasteiger charge is 2.36. The number of amides is 2. The summed E-state index contributed by atoms with van der Waals surface area (Å²) in [6.07, 6.45) is 3.31. The third kappa shape index (κ3) is 5.12. The maximum Gasteiger partial charge on any atom is 0.309 e. The van der Waals surface area contributed by atoms with Crippen molar-refractivity contribution in [1.29, 1.82) is 0 Å². The van der Waals surface area contributed by atoms with Crippen LogP contribution in [0.5, 0.6) is 0 Å². The van der Waals surface area contributed by atoms with Gasteiger partial charge in [-0.15, -0.1) is 0 Å². The Kier molecular flexibility index (Phi) is 6.86. The summed E-state index contributed by atoms with van der Waals surface area (Å²) in [7, 11) is -3.96. The van der Waals surface area contributed by atoms with Gasteiger partial charge in [-0.1, -0.05) is 12.8 Å². The topological polar surface area (TPSA) is 105 Å². The first-order valence-corrected chi connectivity index (χ1v) is 11.2. The van der Waals surface area contributed by atoms with Gasteiger partial charge < -0.3 is 15.4 Å². The molecule has 1 aliphatic carbocycles. The molecule has 1 aliphatic heterocycles. The molecule has 8 nitrogen and oxygen atoms in total. The average Bonchev–Trinajstić information content (AvgIpc) is 3.19. The van der Waals surface area contributed by atoms with E-state index < -0.39 is 33.9 Å². The molecule has 0 bridgehead atoms. The minimum atomic E-state index is -3.96. The molecule has 1 saturated heterocycles. The summed E-state index contributed by atoms with van der Waals surface area (Å²) in [6, 6.07) is 3.48. The predicted molar refractivity (Wildman–Crippen MR) is 103 cm³/mol. The molecule has 0 aromatic heterocycles. The highest BCUT2D eigenvalue weighted by atomic mass is 32.2. The Morgan fingerprint density at radius 1 is 1.21 bits per heavy atom. The molecule has 29 heavy (non-hydrogen) atoms. The van der Waals surface area contributed by atoms with Gasteiger partial charge in [-0.2, -0.15) is 4.31 Å². The number of hydrogen-bond acceptors (Lipinski definition) is 5. The number of aryl methyl sites for hydroxylation is 1. The van der Waals surface area contributed by atoms with Crippen LogP contribution in [0.1, 0.15) is 37.7 Å². The number of rotatable bonds is 5. The number of halogens is 1. The number of carbonyl (C=O) groups excluding carboxylic acids is 2. The van der Waals surface area contributed by atoms with Crippen LogP contribution in [0.15, 0.2) is 23.1 Å². The molecule has 3 rings (SSSR count). The Balaban J connectivity index is 1.66. The van der Waals surface area contributed by atoms with Crippen LogP contribution >= 0.6 is 0 Å². The van der Waals surface area contributed by atoms with Gasteiger partial charge in [0.25, 0.3) is 0 Å². The van der Waals surface area contributed by atoms with Crippen molar-refractivity contribution < 1.29 is 27.1 Å². The Morgan fingerprint density at radius 3 is 2.62 bits per heavy atom. The predicted octanol–water partition coefficient (Wildman–Crippen LogP) is 1.05. The molecule has 2 aliphatic rings. The number of nitrogens with one attached hydrogen (secondary N) is 2. The molecule has 2 N–H and O–H groups in total. The average molecular weight is 427 g/mol. The van der Waals surface area contributed by atoms with Crippen molar-refractivity contribution in [3.63, 3.8) is 0 Å². The van der Waals surface area contributed by atoms with E-state index in [0.29, 0.717) is 13.0 Å². The van der Waals surface area contributed by atoms with Crippen molar-refractivity contribution >= 4 is 21.8 Å². The summed E-state index contributed by atoms with van der Waals surface area (Å²) in [5.74, 6) is -2.06. The van der Waals surface area contributed by atoms with E-state index in [-0.39, 0.29) is 29.6 Å². The molecule has 160 valence electrons. The van der Waals surface area contributed by atoms with Crippen molar-refractivity contribution in [3.8, 4) is 0 Å². The zero-order chi connectivity index (χ0) is 21.0. The fourth-order valence-electron chi connectivity index (χ4n) is 3.71. The molecule has 0 unspecified atom stereocenters.